The quantitative estimate of drug-likeness (QED) is 0.513. The Morgan fingerprint density at radius 1 is 1.29 bits per heavy atom. The highest BCUT2D eigenvalue weighted by Crippen LogP contribution is 2.48. The fraction of sp³-hybridized carbons (Fsp3) is 1.00. The van der Waals surface area contributed by atoms with Gasteiger partial charge < -0.3 is 5.73 Å². The lowest BCUT2D eigenvalue weighted by molar-refractivity contribution is 0.686. The van der Waals surface area contributed by atoms with E-state index in [2.05, 4.69) is 0 Å². The molecule has 2 fully saturated rings. The predicted octanol–water partition coefficient (Wildman–Crippen LogP) is 0.744. The van der Waals surface area contributed by atoms with Crippen LogP contribution in [0.1, 0.15) is 19.3 Å². The molecular formula is C6H11N. The van der Waals surface area contributed by atoms with E-state index in [9.17, 15) is 0 Å². The molecule has 0 bridgehead atoms. The van der Waals surface area contributed by atoms with E-state index in [0.717, 1.165) is 11.8 Å². The molecule has 1 nitrogen and oxygen atoms in total. The maximum Gasteiger partial charge on any atom is 0.00737 e. The van der Waals surface area contributed by atoms with Crippen LogP contribution in [0.3, 0.4) is 0 Å². The third-order valence-corrected chi connectivity index (χ3v) is 2.12. The number of nitrogens with two attached hydrogens (primary N) is 1. The van der Waals surface area contributed by atoms with Crippen molar-refractivity contribution in [1.29, 1.82) is 0 Å². The summed E-state index contributed by atoms with van der Waals surface area (Å²) in [5.74, 6) is 2.02. The zero-order valence-corrected chi connectivity index (χ0v) is 4.43. The van der Waals surface area contributed by atoms with Gasteiger partial charge in [0.2, 0.25) is 0 Å². The summed E-state index contributed by atoms with van der Waals surface area (Å²) in [4.78, 5) is 0. The second kappa shape index (κ2) is 1.03. The van der Waals surface area contributed by atoms with Crippen LogP contribution in [0.25, 0.3) is 0 Å². The maximum atomic E-state index is 5.61. The van der Waals surface area contributed by atoms with Crippen molar-refractivity contribution >= 4 is 0 Å². The van der Waals surface area contributed by atoms with Crippen LogP contribution in [0, 0.1) is 11.8 Å². The van der Waals surface area contributed by atoms with Crippen molar-refractivity contribution in [2.45, 2.75) is 25.3 Å². The number of rotatable bonds is 1. The Kier molecular flexibility index (Phi) is 0.571. The lowest BCUT2D eigenvalue weighted by Crippen LogP contribution is -2.02. The largest absolute Gasteiger partial charge is 0.327 e. The Balaban J connectivity index is 1.88. The van der Waals surface area contributed by atoms with Gasteiger partial charge in [0.15, 0.2) is 0 Å². The summed E-state index contributed by atoms with van der Waals surface area (Å²) in [6.45, 7) is 0. The molecule has 0 saturated heterocycles. The van der Waals surface area contributed by atoms with Crippen LogP contribution in [-0.2, 0) is 0 Å². The molecule has 0 spiro atoms. The van der Waals surface area contributed by atoms with Crippen molar-refractivity contribution in [2.75, 3.05) is 0 Å². The SMILES string of the molecule is N[C@H]1C[C@H]1C1CC1. The first-order chi connectivity index (χ1) is 3.38. The molecule has 2 aliphatic rings. The molecule has 7 heavy (non-hydrogen) atoms. The molecule has 0 aromatic rings. The zero-order valence-electron chi connectivity index (χ0n) is 4.43. The highest BCUT2D eigenvalue weighted by molar-refractivity contribution is 4.99. The van der Waals surface area contributed by atoms with Gasteiger partial charge in [-0.25, -0.2) is 0 Å². The third kappa shape index (κ3) is 0.556. The van der Waals surface area contributed by atoms with E-state index in [1.54, 1.807) is 0 Å². The van der Waals surface area contributed by atoms with Crippen molar-refractivity contribution in [2.24, 2.45) is 17.6 Å². The van der Waals surface area contributed by atoms with E-state index in [1.165, 1.54) is 19.3 Å². The van der Waals surface area contributed by atoms with Gasteiger partial charge in [0, 0.05) is 6.04 Å². The van der Waals surface area contributed by atoms with Gasteiger partial charge in [-0.05, 0) is 31.1 Å². The normalized spacial score (nSPS) is 49.3. The highest BCUT2D eigenvalue weighted by Gasteiger charge is 2.44. The van der Waals surface area contributed by atoms with Gasteiger partial charge in [0.25, 0.3) is 0 Å². The third-order valence-electron chi connectivity index (χ3n) is 2.12. The molecule has 40 valence electrons. The molecule has 0 radical (unpaired) electrons. The topological polar surface area (TPSA) is 26.0 Å². The molecule has 2 saturated carbocycles. The van der Waals surface area contributed by atoms with Gasteiger partial charge in [-0.1, -0.05) is 0 Å². The van der Waals surface area contributed by atoms with Gasteiger partial charge in [-0.2, -0.15) is 0 Å². The highest BCUT2D eigenvalue weighted by atomic mass is 14.8. The second-order valence-corrected chi connectivity index (χ2v) is 2.90. The van der Waals surface area contributed by atoms with E-state index in [1.807, 2.05) is 0 Å². The Hall–Kier alpha value is -0.0400. The van der Waals surface area contributed by atoms with E-state index in [4.69, 9.17) is 5.73 Å². The minimum absolute atomic E-state index is 0.604. The summed E-state index contributed by atoms with van der Waals surface area (Å²) in [6.07, 6.45) is 4.27. The van der Waals surface area contributed by atoms with Gasteiger partial charge in [0.1, 0.15) is 0 Å². The second-order valence-electron chi connectivity index (χ2n) is 2.90. The van der Waals surface area contributed by atoms with Crippen LogP contribution in [0.2, 0.25) is 0 Å². The first kappa shape index (κ1) is 3.90. The fourth-order valence-electron chi connectivity index (χ4n) is 1.30. The Morgan fingerprint density at radius 3 is 2.00 bits per heavy atom. The van der Waals surface area contributed by atoms with Crippen molar-refractivity contribution in [3.8, 4) is 0 Å². The van der Waals surface area contributed by atoms with Crippen molar-refractivity contribution in [3.05, 3.63) is 0 Å². The van der Waals surface area contributed by atoms with E-state index < -0.39 is 0 Å². The van der Waals surface area contributed by atoms with Crippen LogP contribution in [0.5, 0.6) is 0 Å². The van der Waals surface area contributed by atoms with E-state index >= 15 is 0 Å². The summed E-state index contributed by atoms with van der Waals surface area (Å²) < 4.78 is 0. The van der Waals surface area contributed by atoms with Crippen molar-refractivity contribution in [1.82, 2.24) is 0 Å². The van der Waals surface area contributed by atoms with Crippen LogP contribution in [-0.4, -0.2) is 6.04 Å². The summed E-state index contributed by atoms with van der Waals surface area (Å²) in [5.41, 5.74) is 5.61. The molecule has 0 aliphatic heterocycles. The summed E-state index contributed by atoms with van der Waals surface area (Å²) in [6, 6.07) is 0.604. The van der Waals surface area contributed by atoms with Gasteiger partial charge in [-0.15, -0.1) is 0 Å². The number of hydrogen-bond acceptors (Lipinski definition) is 1. The van der Waals surface area contributed by atoms with Crippen LogP contribution < -0.4 is 5.73 Å². The molecule has 2 N–H and O–H groups in total. The average Bonchev–Trinajstić information content (AvgIpc) is 2.23. The zero-order chi connectivity index (χ0) is 4.85. The lowest BCUT2D eigenvalue weighted by Gasteiger charge is -1.83. The minimum Gasteiger partial charge on any atom is -0.327 e. The molecule has 0 aromatic heterocycles. The predicted molar refractivity (Wildman–Crippen MR) is 28.8 cm³/mol. The summed E-state index contributed by atoms with van der Waals surface area (Å²) in [7, 11) is 0. The first-order valence-corrected chi connectivity index (χ1v) is 3.13. The lowest BCUT2D eigenvalue weighted by atomic mass is 10.3. The molecule has 2 rings (SSSR count). The van der Waals surface area contributed by atoms with Gasteiger partial charge >= 0.3 is 0 Å². The Labute approximate surface area is 43.9 Å². The summed E-state index contributed by atoms with van der Waals surface area (Å²) in [5, 5.41) is 0. The van der Waals surface area contributed by atoms with Crippen LogP contribution >= 0.6 is 0 Å². The monoisotopic (exact) mass is 97.1 g/mol. The molecule has 2 atom stereocenters. The Bertz CT molecular complexity index is 86.2. The van der Waals surface area contributed by atoms with E-state index in [-0.39, 0.29) is 0 Å². The molecule has 0 aromatic carbocycles. The van der Waals surface area contributed by atoms with E-state index in [0.29, 0.717) is 6.04 Å². The minimum atomic E-state index is 0.604. The van der Waals surface area contributed by atoms with Gasteiger partial charge in [-0.3, -0.25) is 0 Å². The first-order valence-electron chi connectivity index (χ1n) is 3.13. The van der Waals surface area contributed by atoms with Gasteiger partial charge in [0.05, 0.1) is 0 Å². The molecule has 0 unspecified atom stereocenters. The fourth-order valence-corrected chi connectivity index (χ4v) is 1.30. The van der Waals surface area contributed by atoms with Crippen molar-refractivity contribution in [3.63, 3.8) is 0 Å². The maximum absolute atomic E-state index is 5.61. The van der Waals surface area contributed by atoms with Crippen LogP contribution in [0.4, 0.5) is 0 Å². The van der Waals surface area contributed by atoms with Crippen molar-refractivity contribution < 1.29 is 0 Å². The average molecular weight is 97.2 g/mol. The standard InChI is InChI=1S/C6H11N/c7-6-3-5(6)4-1-2-4/h4-6H,1-3,7H2/t5-,6-/m0/s1. The number of hydrogen-bond donors (Lipinski definition) is 1. The molecule has 2 aliphatic carbocycles. The summed E-state index contributed by atoms with van der Waals surface area (Å²) >= 11 is 0. The smallest absolute Gasteiger partial charge is 0.00737 e. The molecular weight excluding hydrogens is 86.1 g/mol. The molecule has 1 heteroatoms. The Morgan fingerprint density at radius 2 is 1.86 bits per heavy atom. The molecule has 0 amide bonds. The molecule has 0 heterocycles. The van der Waals surface area contributed by atoms with Crippen LogP contribution in [0.15, 0.2) is 0 Å².